The fourth-order valence-corrected chi connectivity index (χ4v) is 1.88. The molecule has 0 amide bonds. The number of nitrogens with one attached hydrogen (secondary N) is 1. The zero-order valence-electron chi connectivity index (χ0n) is 6.51. The van der Waals surface area contributed by atoms with Gasteiger partial charge in [-0.25, -0.2) is 18.5 Å². The normalized spacial score (nSPS) is 11.8. The average molecular weight is 251 g/mol. The molecule has 6 nitrogen and oxygen atoms in total. The number of nitrogens with zero attached hydrogens (tertiary/aromatic N) is 3. The van der Waals surface area contributed by atoms with Gasteiger partial charge >= 0.3 is 0 Å². The van der Waals surface area contributed by atoms with Crippen LogP contribution in [0.1, 0.15) is 0 Å². The lowest BCUT2D eigenvalue weighted by Gasteiger charge is -1.84. The summed E-state index contributed by atoms with van der Waals surface area (Å²) in [4.78, 5) is 7.60. The molecule has 0 aromatic carbocycles. The molecule has 74 valence electrons. The molecule has 0 unspecified atom stereocenters. The van der Waals surface area contributed by atoms with Crippen molar-refractivity contribution in [3.05, 3.63) is 10.9 Å². The summed E-state index contributed by atoms with van der Waals surface area (Å²) in [5.41, 5.74) is 2.11. The molecule has 0 radical (unpaired) electrons. The molecule has 0 bridgehead atoms. The van der Waals surface area contributed by atoms with E-state index in [0.717, 1.165) is 0 Å². The summed E-state index contributed by atoms with van der Waals surface area (Å²) in [6, 6.07) is 0. The maximum Gasteiger partial charge on any atom is 0.296 e. The van der Waals surface area contributed by atoms with Gasteiger partial charge in [-0.05, 0) is 0 Å². The van der Waals surface area contributed by atoms with Gasteiger partial charge < -0.3 is 0 Å². The monoisotopic (exact) mass is 250 g/mol. The summed E-state index contributed by atoms with van der Waals surface area (Å²) in [6.07, 6.45) is 0. The minimum atomic E-state index is -3.85. The van der Waals surface area contributed by atoms with Gasteiger partial charge in [0, 0.05) is 16.1 Å². The first-order chi connectivity index (χ1) is 6.57. The van der Waals surface area contributed by atoms with Crippen molar-refractivity contribution in [3.63, 3.8) is 0 Å². The van der Waals surface area contributed by atoms with Crippen molar-refractivity contribution in [2.24, 2.45) is 0 Å². The van der Waals surface area contributed by atoms with E-state index >= 15 is 0 Å². The van der Waals surface area contributed by atoms with Gasteiger partial charge in [0.1, 0.15) is 5.69 Å². The minimum absolute atomic E-state index is 0.213. The molecule has 0 aliphatic carbocycles. The maximum atomic E-state index is 10.8. The van der Waals surface area contributed by atoms with Gasteiger partial charge in [0.05, 0.1) is 5.51 Å². The molecule has 1 N–H and O–H groups in total. The number of H-pyrrole nitrogens is 1. The number of aromatic nitrogens is 4. The minimum Gasteiger partial charge on any atom is -0.248 e. The fraction of sp³-hybridized carbons (Fsp3) is 0. The van der Waals surface area contributed by atoms with E-state index in [1.165, 1.54) is 11.3 Å². The van der Waals surface area contributed by atoms with E-state index in [4.69, 9.17) is 10.7 Å². The first-order valence-electron chi connectivity index (χ1n) is 3.33. The third kappa shape index (κ3) is 1.76. The van der Waals surface area contributed by atoms with Crippen LogP contribution < -0.4 is 0 Å². The first-order valence-corrected chi connectivity index (χ1v) is 6.58. The predicted octanol–water partition coefficient (Wildman–Crippen LogP) is 0.856. The van der Waals surface area contributed by atoms with Crippen LogP contribution in [0.15, 0.2) is 16.0 Å². The Morgan fingerprint density at radius 1 is 1.50 bits per heavy atom. The van der Waals surface area contributed by atoms with Crippen LogP contribution in [0.5, 0.6) is 0 Å². The largest absolute Gasteiger partial charge is 0.296 e. The molecule has 9 heteroatoms. The summed E-state index contributed by atoms with van der Waals surface area (Å²) < 4.78 is 21.7. The van der Waals surface area contributed by atoms with Crippen LogP contribution in [0.25, 0.3) is 11.5 Å². The predicted molar refractivity (Wildman–Crippen MR) is 50.5 cm³/mol. The van der Waals surface area contributed by atoms with Gasteiger partial charge in [0.25, 0.3) is 14.2 Å². The third-order valence-corrected chi connectivity index (χ3v) is 3.03. The van der Waals surface area contributed by atoms with Gasteiger partial charge in [-0.2, -0.15) is 10.1 Å². The third-order valence-electron chi connectivity index (χ3n) is 1.36. The Balaban J connectivity index is 2.46. The lowest BCUT2D eigenvalue weighted by atomic mass is 10.5. The maximum absolute atomic E-state index is 10.8. The Morgan fingerprint density at radius 3 is 2.79 bits per heavy atom. The first kappa shape index (κ1) is 9.56. The summed E-state index contributed by atoms with van der Waals surface area (Å²) in [5.74, 6) is 0.213. The molecular weight excluding hydrogens is 248 g/mol. The average Bonchev–Trinajstić information content (AvgIpc) is 2.73. The zero-order chi connectivity index (χ0) is 10.2. The van der Waals surface area contributed by atoms with Gasteiger partial charge in [-0.15, -0.1) is 11.3 Å². The molecule has 0 aliphatic rings. The van der Waals surface area contributed by atoms with Gasteiger partial charge in [0.2, 0.25) is 5.82 Å². The van der Waals surface area contributed by atoms with E-state index in [1.54, 1.807) is 10.9 Å². The highest BCUT2D eigenvalue weighted by atomic mass is 35.7. The van der Waals surface area contributed by atoms with E-state index in [2.05, 4.69) is 20.2 Å². The lowest BCUT2D eigenvalue weighted by Crippen LogP contribution is -1.92. The van der Waals surface area contributed by atoms with E-state index in [-0.39, 0.29) is 11.0 Å². The number of hydrogen-bond acceptors (Lipinski definition) is 6. The van der Waals surface area contributed by atoms with Crippen molar-refractivity contribution in [1.82, 2.24) is 20.2 Å². The molecule has 2 aromatic heterocycles. The zero-order valence-corrected chi connectivity index (χ0v) is 8.90. The Kier molecular flexibility index (Phi) is 2.25. The molecule has 2 aromatic rings. The summed E-state index contributed by atoms with van der Waals surface area (Å²) >= 11 is 1.36. The molecule has 0 atom stereocenters. The van der Waals surface area contributed by atoms with Crippen LogP contribution in [-0.2, 0) is 9.05 Å². The number of rotatable bonds is 2. The second kappa shape index (κ2) is 3.30. The van der Waals surface area contributed by atoms with Crippen molar-refractivity contribution in [1.29, 1.82) is 0 Å². The highest BCUT2D eigenvalue weighted by molar-refractivity contribution is 8.13. The van der Waals surface area contributed by atoms with Gasteiger partial charge in [-0.1, -0.05) is 0 Å². The summed E-state index contributed by atoms with van der Waals surface area (Å²) in [5, 5.41) is 7.22. The highest BCUT2D eigenvalue weighted by Crippen LogP contribution is 2.16. The van der Waals surface area contributed by atoms with Gasteiger partial charge in [0.15, 0.2) is 0 Å². The molecule has 2 rings (SSSR count). The van der Waals surface area contributed by atoms with Crippen LogP contribution in [0.4, 0.5) is 0 Å². The lowest BCUT2D eigenvalue weighted by molar-refractivity contribution is 0.602. The Hall–Kier alpha value is -0.990. The van der Waals surface area contributed by atoms with Crippen LogP contribution in [0.3, 0.4) is 0 Å². The summed E-state index contributed by atoms with van der Waals surface area (Å²) in [7, 11) is 1.20. The molecule has 2 heterocycles. The SMILES string of the molecule is O=S(=O)(Cl)c1nc(-c2cscn2)n[nH]1. The topological polar surface area (TPSA) is 88.6 Å². The van der Waals surface area contributed by atoms with Gasteiger partial charge in [-0.3, -0.25) is 0 Å². The van der Waals surface area contributed by atoms with Crippen LogP contribution in [-0.4, -0.2) is 28.6 Å². The highest BCUT2D eigenvalue weighted by Gasteiger charge is 2.17. The van der Waals surface area contributed by atoms with Crippen LogP contribution in [0.2, 0.25) is 0 Å². The number of aromatic amines is 1. The molecule has 0 saturated heterocycles. The molecule has 0 aliphatic heterocycles. The van der Waals surface area contributed by atoms with Crippen molar-refractivity contribution >= 4 is 31.1 Å². The molecule has 0 fully saturated rings. The second-order valence-corrected chi connectivity index (χ2v) is 5.48. The summed E-state index contributed by atoms with van der Waals surface area (Å²) in [6.45, 7) is 0. The Morgan fingerprint density at radius 2 is 2.29 bits per heavy atom. The molecular formula is C5H3ClN4O2S2. The second-order valence-electron chi connectivity index (χ2n) is 2.28. The quantitative estimate of drug-likeness (QED) is 0.799. The smallest absolute Gasteiger partial charge is 0.248 e. The fourth-order valence-electron chi connectivity index (χ4n) is 0.794. The number of halogens is 1. The van der Waals surface area contributed by atoms with Crippen molar-refractivity contribution < 1.29 is 8.42 Å². The van der Waals surface area contributed by atoms with E-state index in [1.807, 2.05) is 0 Å². The molecule has 14 heavy (non-hydrogen) atoms. The number of hydrogen-bond donors (Lipinski definition) is 1. The standard InChI is InChI=1S/C5H3ClN4O2S2/c6-14(11,12)5-8-4(9-10-5)3-1-13-2-7-3/h1-2H,(H,8,9,10). The van der Waals surface area contributed by atoms with E-state index < -0.39 is 9.05 Å². The van der Waals surface area contributed by atoms with Crippen molar-refractivity contribution in [2.45, 2.75) is 5.16 Å². The Labute approximate surface area is 87.4 Å². The molecule has 0 saturated carbocycles. The Bertz CT molecular complexity index is 532. The van der Waals surface area contributed by atoms with Crippen LogP contribution in [0, 0.1) is 0 Å². The molecule has 0 spiro atoms. The van der Waals surface area contributed by atoms with Crippen molar-refractivity contribution in [2.75, 3.05) is 0 Å². The van der Waals surface area contributed by atoms with Crippen molar-refractivity contribution in [3.8, 4) is 11.5 Å². The van der Waals surface area contributed by atoms with Crippen LogP contribution >= 0.6 is 22.0 Å². The number of thiazole rings is 1. The van der Waals surface area contributed by atoms with E-state index in [0.29, 0.717) is 5.69 Å². The van der Waals surface area contributed by atoms with E-state index in [9.17, 15) is 8.42 Å².